The number of piperidine rings is 1. The summed E-state index contributed by atoms with van der Waals surface area (Å²) in [4.78, 5) is 41.7. The molecular weight excluding hydrogens is 326 g/mol. The average Bonchev–Trinajstić information content (AvgIpc) is 2.50. The van der Waals surface area contributed by atoms with Crippen molar-refractivity contribution < 1.29 is 9.59 Å². The molecule has 2 heterocycles. The Hall–Kier alpha value is -2.38. The quantitative estimate of drug-likeness (QED) is 0.327. The number of aromatic nitrogens is 2. The molecule has 12 heteroatoms. The second kappa shape index (κ2) is 5.56. The molecule has 2 aromatic rings. The summed E-state index contributed by atoms with van der Waals surface area (Å²) < 4.78 is 0.795. The van der Waals surface area contributed by atoms with Crippen molar-refractivity contribution in [3.05, 3.63) is 28.3 Å². The summed E-state index contributed by atoms with van der Waals surface area (Å²) in [7, 11) is 29.6. The van der Waals surface area contributed by atoms with Crippen LogP contribution in [-0.2, 0) is 15.0 Å². The van der Waals surface area contributed by atoms with Gasteiger partial charge < -0.3 is 5.73 Å². The molecule has 1 aromatic heterocycles. The highest BCUT2D eigenvalue weighted by Crippen LogP contribution is 2.48. The fourth-order valence-electron chi connectivity index (χ4n) is 3.12. The van der Waals surface area contributed by atoms with Gasteiger partial charge in [0.05, 0.1) is 39.9 Å². The Morgan fingerprint density at radius 1 is 1.23 bits per heavy atom. The van der Waals surface area contributed by atoms with Crippen LogP contribution in [0, 0.1) is 6.92 Å². The number of nitrogen functional groups attached to an aromatic ring is 1. The number of carbonyl (C=O) groups is 2. The molecule has 118 valence electrons. The largest absolute Gasteiger partial charge is 0.398 e. The summed E-state index contributed by atoms with van der Waals surface area (Å²) in [6.07, 6.45) is 0. The monoisotopic (exact) mass is 336 g/mol. The molecule has 0 bridgehead atoms. The fraction of sp³-hybridized carbons (Fsp3) is 0.286. The molecule has 2 amide bonds. The molecule has 1 fully saturated rings. The number of nitrogens with two attached hydrogens (primary N) is 1. The summed E-state index contributed by atoms with van der Waals surface area (Å²) in [5.74, 6) is -3.55. The minimum Gasteiger partial charge on any atom is -0.398 e. The SMILES string of the molecule is [B]c1cc(N)c2c(=O)n(C3([B])C(=O)NC(=O)C([B])C3([B])[B])c(C)nc2c1. The number of imide groups is 1. The van der Waals surface area contributed by atoms with Crippen LogP contribution in [0.15, 0.2) is 16.9 Å². The number of nitrogens with zero attached hydrogens (tertiary/aromatic N) is 2. The highest BCUT2D eigenvalue weighted by atomic mass is 16.2. The number of carbonyl (C=O) groups excluding carboxylic acids is 2. The lowest BCUT2D eigenvalue weighted by atomic mass is 9.31. The highest BCUT2D eigenvalue weighted by Gasteiger charge is 2.56. The van der Waals surface area contributed by atoms with E-state index in [9.17, 15) is 14.4 Å². The van der Waals surface area contributed by atoms with E-state index in [0.717, 1.165) is 4.57 Å². The summed E-state index contributed by atoms with van der Waals surface area (Å²) in [5.41, 5.74) is 3.26. The molecule has 1 aromatic carbocycles. The van der Waals surface area contributed by atoms with Gasteiger partial charge in [0.1, 0.15) is 21.5 Å². The maximum absolute atomic E-state index is 13.1. The Morgan fingerprint density at radius 2 is 1.85 bits per heavy atom. The van der Waals surface area contributed by atoms with Crippen LogP contribution in [-0.4, -0.2) is 60.6 Å². The summed E-state index contributed by atoms with van der Waals surface area (Å²) in [5, 5.41) is -0.330. The van der Waals surface area contributed by atoms with Crippen molar-refractivity contribution in [3.8, 4) is 0 Å². The Kier molecular flexibility index (Phi) is 3.94. The van der Waals surface area contributed by atoms with Gasteiger partial charge in [0, 0.05) is 5.69 Å². The fourth-order valence-corrected chi connectivity index (χ4v) is 3.12. The molecule has 26 heavy (non-hydrogen) atoms. The van der Waals surface area contributed by atoms with Crippen molar-refractivity contribution in [1.82, 2.24) is 14.9 Å². The van der Waals surface area contributed by atoms with Gasteiger partial charge in [0.25, 0.3) is 5.56 Å². The lowest BCUT2D eigenvalue weighted by molar-refractivity contribution is -0.138. The maximum atomic E-state index is 13.1. The number of anilines is 1. The minimum atomic E-state index is -2.39. The molecule has 0 spiro atoms. The van der Waals surface area contributed by atoms with Gasteiger partial charge in [-0.25, -0.2) is 4.98 Å². The second-order valence-corrected chi connectivity index (χ2v) is 6.30. The first kappa shape index (κ1) is 18.4. The molecule has 0 aliphatic carbocycles. The normalized spacial score (nSPS) is 25.2. The van der Waals surface area contributed by atoms with Crippen LogP contribution >= 0.6 is 0 Å². The average molecular weight is 335 g/mol. The molecule has 0 saturated carbocycles. The molecule has 10 radical (unpaired) electrons. The van der Waals surface area contributed by atoms with E-state index in [-0.39, 0.29) is 22.4 Å². The van der Waals surface area contributed by atoms with Crippen LogP contribution in [0.4, 0.5) is 5.69 Å². The zero-order valence-electron chi connectivity index (χ0n) is 13.8. The van der Waals surface area contributed by atoms with Gasteiger partial charge in [-0.2, -0.15) is 0 Å². The number of aryl methyl sites for hydroxylation is 1. The highest BCUT2D eigenvalue weighted by molar-refractivity contribution is 6.55. The first-order valence-corrected chi connectivity index (χ1v) is 7.49. The van der Waals surface area contributed by atoms with Gasteiger partial charge in [-0.1, -0.05) is 10.7 Å². The van der Waals surface area contributed by atoms with Crippen molar-refractivity contribution in [2.45, 2.75) is 23.4 Å². The van der Waals surface area contributed by atoms with Crippen LogP contribution in [0.25, 0.3) is 10.9 Å². The van der Waals surface area contributed by atoms with Crippen molar-refractivity contribution >= 4 is 73.1 Å². The third-order valence-electron chi connectivity index (χ3n) is 4.59. The van der Waals surface area contributed by atoms with E-state index in [1.807, 2.05) is 5.32 Å². The summed E-state index contributed by atoms with van der Waals surface area (Å²) in [6.45, 7) is 1.42. The first-order chi connectivity index (χ1) is 11.9. The van der Waals surface area contributed by atoms with E-state index in [1.54, 1.807) is 0 Å². The zero-order chi connectivity index (χ0) is 19.6. The number of fused-ring (bicyclic) bond motifs is 1. The predicted octanol–water partition coefficient (Wildman–Crippen LogP) is -3.03. The number of amides is 2. The van der Waals surface area contributed by atoms with Crippen LogP contribution in [0.5, 0.6) is 0 Å². The Balaban J connectivity index is 2.43. The van der Waals surface area contributed by atoms with E-state index >= 15 is 0 Å². The Morgan fingerprint density at radius 3 is 2.46 bits per heavy atom. The lowest BCUT2D eigenvalue weighted by Crippen LogP contribution is -2.68. The third kappa shape index (κ3) is 2.20. The molecule has 3 rings (SSSR count). The van der Waals surface area contributed by atoms with Gasteiger partial charge >= 0.3 is 0 Å². The predicted molar refractivity (Wildman–Crippen MR) is 101 cm³/mol. The maximum Gasteiger partial charge on any atom is 0.263 e. The smallest absolute Gasteiger partial charge is 0.263 e. The standard InChI is InChI=1S/C14H9B5N4O3/c1-4-21-7-3-5(15)2-6(20)8(7)11(25)23(4)14(19)12(26)22-10(24)9(16)13(14,17)18/h2-3,9H,20H2,1H3,(H,22,24,26). The zero-order valence-corrected chi connectivity index (χ0v) is 13.8. The van der Waals surface area contributed by atoms with Crippen molar-refractivity contribution in [2.24, 2.45) is 0 Å². The Labute approximate surface area is 155 Å². The molecular formula is C14H9B5N4O3. The van der Waals surface area contributed by atoms with Gasteiger partial charge in [0.2, 0.25) is 11.8 Å². The molecule has 1 saturated heterocycles. The number of rotatable bonds is 1. The van der Waals surface area contributed by atoms with Crippen LogP contribution < -0.4 is 22.1 Å². The van der Waals surface area contributed by atoms with E-state index in [1.165, 1.54) is 19.1 Å². The van der Waals surface area contributed by atoms with Crippen molar-refractivity contribution in [1.29, 1.82) is 0 Å². The summed E-state index contributed by atoms with van der Waals surface area (Å²) in [6, 6.07) is 2.81. The lowest BCUT2D eigenvalue weighted by Gasteiger charge is -2.52. The van der Waals surface area contributed by atoms with Gasteiger partial charge in [0.15, 0.2) is 0 Å². The van der Waals surface area contributed by atoms with E-state index in [4.69, 9.17) is 45.0 Å². The van der Waals surface area contributed by atoms with Crippen LogP contribution in [0.2, 0.25) is 11.0 Å². The number of benzene rings is 1. The number of hydrogen-bond donors (Lipinski definition) is 2. The van der Waals surface area contributed by atoms with E-state index < -0.39 is 33.8 Å². The van der Waals surface area contributed by atoms with E-state index in [0.29, 0.717) is 5.46 Å². The van der Waals surface area contributed by atoms with Crippen LogP contribution in [0.1, 0.15) is 5.82 Å². The van der Waals surface area contributed by atoms with Gasteiger partial charge in [-0.3, -0.25) is 24.3 Å². The summed E-state index contributed by atoms with van der Waals surface area (Å²) >= 11 is 0. The molecule has 1 aliphatic heterocycles. The topological polar surface area (TPSA) is 107 Å². The molecule has 2 unspecified atom stereocenters. The molecule has 1 aliphatic rings. The minimum absolute atomic E-state index is 0.00646. The first-order valence-electron chi connectivity index (χ1n) is 7.49. The molecule has 3 N–H and O–H groups in total. The van der Waals surface area contributed by atoms with Crippen molar-refractivity contribution in [2.75, 3.05) is 5.73 Å². The Bertz CT molecular complexity index is 1040. The van der Waals surface area contributed by atoms with Crippen LogP contribution in [0.3, 0.4) is 0 Å². The van der Waals surface area contributed by atoms with Gasteiger partial charge in [-0.15, -0.1) is 0 Å². The van der Waals surface area contributed by atoms with Crippen molar-refractivity contribution in [3.63, 3.8) is 0 Å². The molecule has 7 nitrogen and oxygen atoms in total. The molecule has 2 atom stereocenters. The van der Waals surface area contributed by atoms with E-state index in [2.05, 4.69) is 4.98 Å². The second-order valence-electron chi connectivity index (χ2n) is 6.30. The number of nitrogens with one attached hydrogen (secondary N) is 1. The third-order valence-corrected chi connectivity index (χ3v) is 4.59. The number of hydrogen-bond acceptors (Lipinski definition) is 5. The van der Waals surface area contributed by atoms with Gasteiger partial charge in [-0.05, 0) is 24.9 Å².